The van der Waals surface area contributed by atoms with Crippen LogP contribution in [0.4, 0.5) is 4.79 Å². The molecule has 2 atom stereocenters. The summed E-state index contributed by atoms with van der Waals surface area (Å²) < 4.78 is 5.33. The third kappa shape index (κ3) is 11.5. The summed E-state index contributed by atoms with van der Waals surface area (Å²) in [5, 5.41) is 5.49. The van der Waals surface area contributed by atoms with Crippen molar-refractivity contribution in [2.45, 2.75) is 111 Å². The van der Waals surface area contributed by atoms with Crippen molar-refractivity contribution in [3.8, 4) is 0 Å². The van der Waals surface area contributed by atoms with E-state index in [-0.39, 0.29) is 12.5 Å². The number of rotatable bonds is 15. The maximum atomic E-state index is 14.0. The number of ether oxygens (including phenoxy) is 1. The van der Waals surface area contributed by atoms with Crippen LogP contribution in [0.2, 0.25) is 0 Å². The number of primary amides is 1. The van der Waals surface area contributed by atoms with Crippen LogP contribution in [-0.2, 0) is 19.1 Å². The highest BCUT2D eigenvalue weighted by atomic mass is 16.6. The minimum absolute atomic E-state index is 0.281. The van der Waals surface area contributed by atoms with Gasteiger partial charge in [0.2, 0.25) is 17.7 Å². The minimum Gasteiger partial charge on any atom is -0.444 e. The molecule has 0 spiro atoms. The number of hydrogen-bond donors (Lipinski definition) is 3. The fourth-order valence-corrected chi connectivity index (χ4v) is 4.02. The number of carbonyl (C=O) groups excluding carboxylic acids is 4. The fourth-order valence-electron chi connectivity index (χ4n) is 4.02. The molecule has 1 rings (SSSR count). The van der Waals surface area contributed by atoms with Gasteiger partial charge in [-0.15, -0.1) is 0 Å². The molecule has 2 unspecified atom stereocenters. The van der Waals surface area contributed by atoms with E-state index in [0.29, 0.717) is 18.5 Å². The molecule has 0 bridgehead atoms. The molecule has 0 aliphatic rings. The Hall–Kier alpha value is -3.10. The van der Waals surface area contributed by atoms with Gasteiger partial charge in [0, 0.05) is 13.1 Å². The molecule has 0 aliphatic carbocycles. The largest absolute Gasteiger partial charge is 0.444 e. The van der Waals surface area contributed by atoms with Crippen LogP contribution >= 0.6 is 0 Å². The lowest BCUT2D eigenvalue weighted by molar-refractivity contribution is -0.143. The number of carbonyl (C=O) groups is 4. The van der Waals surface area contributed by atoms with Gasteiger partial charge in [-0.1, -0.05) is 57.7 Å². The van der Waals surface area contributed by atoms with E-state index in [2.05, 4.69) is 17.6 Å². The summed E-state index contributed by atoms with van der Waals surface area (Å²) in [5.74, 6) is -1.61. The first kappa shape index (κ1) is 32.9. The third-order valence-electron chi connectivity index (χ3n) is 6.17. The van der Waals surface area contributed by atoms with Gasteiger partial charge in [0.05, 0.1) is 6.42 Å². The number of benzene rings is 1. The minimum atomic E-state index is -1.27. The first-order valence-electron chi connectivity index (χ1n) is 13.7. The molecule has 4 amide bonds. The molecule has 0 saturated carbocycles. The second-order valence-electron chi connectivity index (χ2n) is 10.9. The van der Waals surface area contributed by atoms with E-state index in [1.807, 2.05) is 39.0 Å². The first-order chi connectivity index (χ1) is 17.8. The van der Waals surface area contributed by atoms with Gasteiger partial charge in [0.15, 0.2) is 0 Å². The number of unbranched alkanes of at least 4 members (excludes halogenated alkanes) is 4. The van der Waals surface area contributed by atoms with Gasteiger partial charge in [0.1, 0.15) is 17.7 Å². The standard InChI is InChI=1S/C29H48N4O5/c1-8-10-12-13-17-33(27(36)23(19-24(30)34)32-28(37)38-29(5,6)7)25(26(35)31-16-11-9-2)22-15-14-20(3)21(4)18-22/h14-15,18,23,25H,8-13,16-17,19H2,1-7H3,(H2,30,34)(H,31,35)(H,32,37). The predicted molar refractivity (Wildman–Crippen MR) is 149 cm³/mol. The molecular formula is C29H48N4O5. The van der Waals surface area contributed by atoms with E-state index >= 15 is 0 Å². The van der Waals surface area contributed by atoms with Crippen LogP contribution in [0, 0.1) is 13.8 Å². The van der Waals surface area contributed by atoms with Crippen molar-refractivity contribution in [3.63, 3.8) is 0 Å². The molecule has 9 heteroatoms. The van der Waals surface area contributed by atoms with Crippen LogP contribution in [0.1, 0.15) is 102 Å². The van der Waals surface area contributed by atoms with Crippen molar-refractivity contribution >= 4 is 23.8 Å². The van der Waals surface area contributed by atoms with Crippen molar-refractivity contribution < 1.29 is 23.9 Å². The van der Waals surface area contributed by atoms with Crippen LogP contribution < -0.4 is 16.4 Å². The molecule has 1 aromatic carbocycles. The van der Waals surface area contributed by atoms with Crippen molar-refractivity contribution in [2.75, 3.05) is 13.1 Å². The van der Waals surface area contributed by atoms with E-state index in [0.717, 1.165) is 43.2 Å². The highest BCUT2D eigenvalue weighted by molar-refractivity contribution is 5.94. The van der Waals surface area contributed by atoms with Crippen molar-refractivity contribution in [1.82, 2.24) is 15.5 Å². The molecule has 214 valence electrons. The molecule has 38 heavy (non-hydrogen) atoms. The molecule has 1 aromatic rings. The Bertz CT molecular complexity index is 941. The quantitative estimate of drug-likeness (QED) is 0.288. The summed E-state index contributed by atoms with van der Waals surface area (Å²) in [6, 6.07) is 3.48. The van der Waals surface area contributed by atoms with Crippen LogP contribution in [0.15, 0.2) is 18.2 Å². The van der Waals surface area contributed by atoms with Gasteiger partial charge in [-0.25, -0.2) is 4.79 Å². The van der Waals surface area contributed by atoms with E-state index < -0.39 is 42.0 Å². The van der Waals surface area contributed by atoms with Gasteiger partial charge in [-0.3, -0.25) is 14.4 Å². The normalized spacial score (nSPS) is 12.8. The van der Waals surface area contributed by atoms with Crippen LogP contribution in [0.5, 0.6) is 0 Å². The summed E-state index contributed by atoms with van der Waals surface area (Å²) in [4.78, 5) is 53.6. The Morgan fingerprint density at radius 3 is 2.18 bits per heavy atom. The van der Waals surface area contributed by atoms with Crippen molar-refractivity contribution in [3.05, 3.63) is 34.9 Å². The Kier molecular flexibility index (Phi) is 13.9. The van der Waals surface area contributed by atoms with E-state index in [1.54, 1.807) is 20.8 Å². The Balaban J connectivity index is 3.50. The number of nitrogens with two attached hydrogens (primary N) is 1. The summed E-state index contributed by atoms with van der Waals surface area (Å²) in [5.41, 5.74) is 7.39. The van der Waals surface area contributed by atoms with Crippen molar-refractivity contribution in [2.24, 2.45) is 5.73 Å². The van der Waals surface area contributed by atoms with Gasteiger partial charge in [-0.05, 0) is 64.2 Å². The molecule has 0 heterocycles. The molecule has 0 aromatic heterocycles. The summed E-state index contributed by atoms with van der Waals surface area (Å²) >= 11 is 0. The van der Waals surface area contributed by atoms with E-state index in [1.165, 1.54) is 4.90 Å². The lowest BCUT2D eigenvalue weighted by Crippen LogP contribution is -2.54. The third-order valence-corrected chi connectivity index (χ3v) is 6.17. The molecule has 0 radical (unpaired) electrons. The Morgan fingerprint density at radius 2 is 1.63 bits per heavy atom. The number of aryl methyl sites for hydroxylation is 2. The summed E-state index contributed by atoms with van der Waals surface area (Å²) in [7, 11) is 0. The zero-order chi connectivity index (χ0) is 28.9. The van der Waals surface area contributed by atoms with Gasteiger partial charge < -0.3 is 26.0 Å². The monoisotopic (exact) mass is 532 g/mol. The Morgan fingerprint density at radius 1 is 0.974 bits per heavy atom. The lowest BCUT2D eigenvalue weighted by atomic mass is 9.97. The van der Waals surface area contributed by atoms with Gasteiger partial charge >= 0.3 is 6.09 Å². The van der Waals surface area contributed by atoms with Crippen LogP contribution in [-0.4, -0.2) is 53.4 Å². The van der Waals surface area contributed by atoms with Crippen LogP contribution in [0.3, 0.4) is 0 Å². The molecule has 0 aliphatic heterocycles. The van der Waals surface area contributed by atoms with Gasteiger partial charge in [-0.2, -0.15) is 0 Å². The fraction of sp³-hybridized carbons (Fsp3) is 0.655. The number of nitrogens with zero attached hydrogens (tertiary/aromatic N) is 1. The average Bonchev–Trinajstić information content (AvgIpc) is 2.80. The maximum Gasteiger partial charge on any atom is 0.408 e. The van der Waals surface area contributed by atoms with Crippen LogP contribution in [0.25, 0.3) is 0 Å². The maximum absolute atomic E-state index is 14.0. The molecule has 0 fully saturated rings. The first-order valence-corrected chi connectivity index (χ1v) is 13.7. The number of hydrogen-bond acceptors (Lipinski definition) is 5. The second kappa shape index (κ2) is 16.0. The van der Waals surface area contributed by atoms with Gasteiger partial charge in [0.25, 0.3) is 0 Å². The number of alkyl carbamates (subject to hydrolysis) is 1. The molecular weight excluding hydrogens is 484 g/mol. The van der Waals surface area contributed by atoms with E-state index in [9.17, 15) is 19.2 Å². The molecule has 4 N–H and O–H groups in total. The Labute approximate surface area is 228 Å². The lowest BCUT2D eigenvalue weighted by Gasteiger charge is -2.34. The van der Waals surface area contributed by atoms with E-state index in [4.69, 9.17) is 10.5 Å². The molecule has 0 saturated heterocycles. The number of nitrogens with one attached hydrogen (secondary N) is 2. The SMILES string of the molecule is CCCCCCN(C(=O)C(CC(N)=O)NC(=O)OC(C)(C)C)C(C(=O)NCCCC)c1ccc(C)c(C)c1. The topological polar surface area (TPSA) is 131 Å². The average molecular weight is 533 g/mol. The summed E-state index contributed by atoms with van der Waals surface area (Å²) in [6.45, 7) is 13.9. The second-order valence-corrected chi connectivity index (χ2v) is 10.9. The number of amides is 4. The smallest absolute Gasteiger partial charge is 0.408 e. The predicted octanol–water partition coefficient (Wildman–Crippen LogP) is 4.44. The zero-order valence-electron chi connectivity index (χ0n) is 24.3. The van der Waals surface area contributed by atoms with Crippen molar-refractivity contribution in [1.29, 1.82) is 0 Å². The molecule has 9 nitrogen and oxygen atoms in total. The highest BCUT2D eigenvalue weighted by Crippen LogP contribution is 2.26. The zero-order valence-corrected chi connectivity index (χ0v) is 24.3. The highest BCUT2D eigenvalue weighted by Gasteiger charge is 2.36. The summed E-state index contributed by atoms with van der Waals surface area (Å²) in [6.07, 6.45) is 4.00.